The lowest BCUT2D eigenvalue weighted by Gasteiger charge is -2.33. The van der Waals surface area contributed by atoms with E-state index in [9.17, 15) is 8.42 Å². The van der Waals surface area contributed by atoms with Crippen molar-refractivity contribution >= 4 is 37.3 Å². The van der Waals surface area contributed by atoms with Gasteiger partial charge in [-0.2, -0.15) is 4.31 Å². The number of allylic oxidation sites excluding steroid dienone is 1. The standard InChI is InChI=1S/C13H19BrN2O2S2/c1-11(2)5-6-15-7-9-16(10-8-15)20(17,18)13-4-3-12(14)19-13/h3-5H,6-10H2,1-2H3. The topological polar surface area (TPSA) is 40.6 Å². The van der Waals surface area contributed by atoms with Crippen molar-refractivity contribution in [1.82, 2.24) is 9.21 Å². The Balaban J connectivity index is 1.98. The minimum Gasteiger partial charge on any atom is -0.297 e. The number of thiophene rings is 1. The molecule has 1 saturated heterocycles. The third kappa shape index (κ3) is 3.92. The SMILES string of the molecule is CC(C)=CCN1CCN(S(=O)(=O)c2ccc(Br)s2)CC1. The molecule has 0 N–H and O–H groups in total. The summed E-state index contributed by atoms with van der Waals surface area (Å²) >= 11 is 4.58. The summed E-state index contributed by atoms with van der Waals surface area (Å²) in [6.45, 7) is 7.76. The normalized spacial score (nSPS) is 18.1. The van der Waals surface area contributed by atoms with Gasteiger partial charge < -0.3 is 0 Å². The second-order valence-electron chi connectivity index (χ2n) is 5.04. The van der Waals surface area contributed by atoms with E-state index >= 15 is 0 Å². The number of nitrogens with zero attached hydrogens (tertiary/aromatic N) is 2. The molecular weight excluding hydrogens is 360 g/mol. The van der Waals surface area contributed by atoms with E-state index in [4.69, 9.17) is 0 Å². The number of hydrogen-bond donors (Lipinski definition) is 0. The Morgan fingerprint density at radius 3 is 2.45 bits per heavy atom. The minimum atomic E-state index is -3.32. The monoisotopic (exact) mass is 378 g/mol. The molecule has 20 heavy (non-hydrogen) atoms. The quantitative estimate of drug-likeness (QED) is 0.756. The maximum absolute atomic E-state index is 12.5. The average Bonchev–Trinajstić information content (AvgIpc) is 2.84. The van der Waals surface area contributed by atoms with Crippen LogP contribution in [0.2, 0.25) is 0 Å². The molecule has 1 fully saturated rings. The second kappa shape index (κ2) is 6.70. The fraction of sp³-hybridized carbons (Fsp3) is 0.538. The fourth-order valence-corrected chi connectivity index (χ4v) is 5.61. The molecule has 2 heterocycles. The first-order valence-electron chi connectivity index (χ1n) is 6.51. The molecule has 1 aliphatic heterocycles. The summed E-state index contributed by atoms with van der Waals surface area (Å²) in [6.07, 6.45) is 2.18. The molecule has 0 aromatic carbocycles. The summed E-state index contributed by atoms with van der Waals surface area (Å²) in [5, 5.41) is 0. The molecule has 1 aliphatic rings. The molecule has 0 amide bonds. The Labute approximate surface area is 133 Å². The molecular formula is C13H19BrN2O2S2. The molecule has 0 atom stereocenters. The smallest absolute Gasteiger partial charge is 0.252 e. The number of piperazine rings is 1. The number of halogens is 1. The Hall–Kier alpha value is -0.210. The lowest BCUT2D eigenvalue weighted by molar-refractivity contribution is 0.204. The molecule has 2 rings (SSSR count). The highest BCUT2D eigenvalue weighted by atomic mass is 79.9. The zero-order valence-electron chi connectivity index (χ0n) is 11.7. The van der Waals surface area contributed by atoms with Gasteiger partial charge in [0.25, 0.3) is 10.0 Å². The molecule has 4 nitrogen and oxygen atoms in total. The van der Waals surface area contributed by atoms with Crippen molar-refractivity contribution in [2.45, 2.75) is 18.1 Å². The van der Waals surface area contributed by atoms with Crippen LogP contribution in [0.4, 0.5) is 0 Å². The number of hydrogen-bond acceptors (Lipinski definition) is 4. The summed E-state index contributed by atoms with van der Waals surface area (Å²) in [5.41, 5.74) is 1.29. The summed E-state index contributed by atoms with van der Waals surface area (Å²) in [7, 11) is -3.32. The fourth-order valence-electron chi connectivity index (χ4n) is 2.03. The van der Waals surface area contributed by atoms with Crippen LogP contribution in [0, 0.1) is 0 Å². The van der Waals surface area contributed by atoms with E-state index in [1.807, 2.05) is 0 Å². The van der Waals surface area contributed by atoms with Gasteiger partial charge in [0.05, 0.1) is 3.79 Å². The molecule has 112 valence electrons. The molecule has 7 heteroatoms. The van der Waals surface area contributed by atoms with E-state index < -0.39 is 10.0 Å². The van der Waals surface area contributed by atoms with Gasteiger partial charge in [-0.05, 0) is 41.9 Å². The predicted octanol–water partition coefficient (Wildman–Crippen LogP) is 2.78. The van der Waals surface area contributed by atoms with Gasteiger partial charge in [0.1, 0.15) is 4.21 Å². The van der Waals surface area contributed by atoms with E-state index in [1.54, 1.807) is 16.4 Å². The third-order valence-electron chi connectivity index (χ3n) is 3.23. The Bertz CT molecular complexity index is 583. The lowest BCUT2D eigenvalue weighted by atomic mass is 10.3. The highest BCUT2D eigenvalue weighted by Gasteiger charge is 2.29. The predicted molar refractivity (Wildman–Crippen MR) is 86.6 cm³/mol. The number of rotatable bonds is 4. The zero-order valence-corrected chi connectivity index (χ0v) is 14.9. The Morgan fingerprint density at radius 1 is 1.30 bits per heavy atom. The molecule has 1 aromatic rings. The molecule has 0 spiro atoms. The van der Waals surface area contributed by atoms with E-state index in [0.29, 0.717) is 17.3 Å². The molecule has 0 bridgehead atoms. The van der Waals surface area contributed by atoms with Gasteiger partial charge in [-0.25, -0.2) is 8.42 Å². The maximum atomic E-state index is 12.5. The summed E-state index contributed by atoms with van der Waals surface area (Å²) in [6, 6.07) is 3.45. The Morgan fingerprint density at radius 2 is 1.95 bits per heavy atom. The van der Waals surface area contributed by atoms with Gasteiger partial charge in [0, 0.05) is 32.7 Å². The maximum Gasteiger partial charge on any atom is 0.252 e. The van der Waals surface area contributed by atoms with Crippen LogP contribution in [-0.2, 0) is 10.0 Å². The van der Waals surface area contributed by atoms with Gasteiger partial charge in [0.2, 0.25) is 0 Å². The summed E-state index contributed by atoms with van der Waals surface area (Å²) < 4.78 is 27.8. The minimum absolute atomic E-state index is 0.419. The zero-order chi connectivity index (χ0) is 14.8. The van der Waals surface area contributed by atoms with E-state index in [0.717, 1.165) is 23.4 Å². The van der Waals surface area contributed by atoms with E-state index in [1.165, 1.54) is 16.9 Å². The van der Waals surface area contributed by atoms with Gasteiger partial charge >= 0.3 is 0 Å². The van der Waals surface area contributed by atoms with Crippen LogP contribution >= 0.6 is 27.3 Å². The van der Waals surface area contributed by atoms with Crippen LogP contribution < -0.4 is 0 Å². The van der Waals surface area contributed by atoms with Crippen LogP contribution in [0.25, 0.3) is 0 Å². The van der Waals surface area contributed by atoms with E-state index in [-0.39, 0.29) is 0 Å². The van der Waals surface area contributed by atoms with Crippen molar-refractivity contribution < 1.29 is 8.42 Å². The average molecular weight is 379 g/mol. The second-order valence-corrected chi connectivity index (χ2v) is 9.67. The van der Waals surface area contributed by atoms with Crippen molar-refractivity contribution in [2.24, 2.45) is 0 Å². The molecule has 0 aliphatic carbocycles. The molecule has 0 radical (unpaired) electrons. The van der Waals surface area contributed by atoms with Crippen molar-refractivity contribution in [1.29, 1.82) is 0 Å². The van der Waals surface area contributed by atoms with Crippen molar-refractivity contribution in [3.63, 3.8) is 0 Å². The van der Waals surface area contributed by atoms with Crippen LogP contribution in [0.1, 0.15) is 13.8 Å². The number of sulfonamides is 1. The van der Waals surface area contributed by atoms with Crippen LogP contribution in [0.3, 0.4) is 0 Å². The summed E-state index contributed by atoms with van der Waals surface area (Å²) in [4.78, 5) is 2.28. The van der Waals surface area contributed by atoms with Crippen LogP contribution in [0.15, 0.2) is 31.8 Å². The van der Waals surface area contributed by atoms with Crippen molar-refractivity contribution in [2.75, 3.05) is 32.7 Å². The first-order valence-corrected chi connectivity index (χ1v) is 9.56. The van der Waals surface area contributed by atoms with Crippen molar-refractivity contribution in [3.05, 3.63) is 27.6 Å². The van der Waals surface area contributed by atoms with Gasteiger partial charge in [-0.15, -0.1) is 11.3 Å². The van der Waals surface area contributed by atoms with Crippen molar-refractivity contribution in [3.8, 4) is 0 Å². The Kier molecular flexibility index (Phi) is 5.42. The van der Waals surface area contributed by atoms with Gasteiger partial charge in [-0.1, -0.05) is 11.6 Å². The summed E-state index contributed by atoms with van der Waals surface area (Å²) in [5.74, 6) is 0. The van der Waals surface area contributed by atoms with Crippen LogP contribution in [-0.4, -0.2) is 50.3 Å². The molecule has 0 unspecified atom stereocenters. The highest BCUT2D eigenvalue weighted by molar-refractivity contribution is 9.11. The first kappa shape index (κ1) is 16.2. The molecule has 1 aromatic heterocycles. The largest absolute Gasteiger partial charge is 0.297 e. The van der Waals surface area contributed by atoms with E-state index in [2.05, 4.69) is 40.8 Å². The molecule has 0 saturated carbocycles. The first-order chi connectivity index (χ1) is 9.39. The third-order valence-corrected chi connectivity index (χ3v) is 7.22. The highest BCUT2D eigenvalue weighted by Crippen LogP contribution is 2.28. The lowest BCUT2D eigenvalue weighted by Crippen LogP contribution is -2.48. The van der Waals surface area contributed by atoms with Gasteiger partial charge in [-0.3, -0.25) is 4.90 Å². The van der Waals surface area contributed by atoms with Gasteiger partial charge in [0.15, 0.2) is 0 Å². The van der Waals surface area contributed by atoms with Crippen LogP contribution in [0.5, 0.6) is 0 Å².